The molecule has 17 heavy (non-hydrogen) atoms. The molecule has 0 radical (unpaired) electrons. The molecule has 0 saturated carbocycles. The van der Waals surface area contributed by atoms with E-state index in [1.807, 2.05) is 12.1 Å². The minimum absolute atomic E-state index is 0.145. The van der Waals surface area contributed by atoms with Gasteiger partial charge in [-0.15, -0.1) is 0 Å². The van der Waals surface area contributed by atoms with Crippen molar-refractivity contribution in [3.8, 4) is 0 Å². The number of rotatable bonds is 4. The predicted octanol–water partition coefficient (Wildman–Crippen LogP) is 2.44. The highest BCUT2D eigenvalue weighted by molar-refractivity contribution is 5.28. The molecule has 0 aromatic heterocycles. The van der Waals surface area contributed by atoms with Crippen LogP contribution >= 0.6 is 0 Å². The van der Waals surface area contributed by atoms with Gasteiger partial charge in [0.1, 0.15) is 0 Å². The van der Waals surface area contributed by atoms with Gasteiger partial charge in [-0.3, -0.25) is 0 Å². The number of benzene rings is 1. The maximum Gasteiger partial charge on any atom is 0.0809 e. The fourth-order valence-electron chi connectivity index (χ4n) is 1.61. The molecule has 0 aliphatic heterocycles. The van der Waals surface area contributed by atoms with Crippen LogP contribution in [-0.4, -0.2) is 22.9 Å². The number of hydrogen-bond acceptors (Lipinski definition) is 2. The highest BCUT2D eigenvalue weighted by Gasteiger charge is 2.14. The second-order valence-electron chi connectivity index (χ2n) is 5.48. The van der Waals surface area contributed by atoms with Gasteiger partial charge in [0.05, 0.1) is 12.7 Å². The van der Waals surface area contributed by atoms with Crippen LogP contribution in [0.3, 0.4) is 0 Å². The Bertz CT molecular complexity index is 371. The third-order valence-electron chi connectivity index (χ3n) is 2.92. The first-order chi connectivity index (χ1) is 7.84. The van der Waals surface area contributed by atoms with Gasteiger partial charge in [-0.05, 0) is 22.1 Å². The molecule has 2 N–H and O–H groups in total. The zero-order valence-corrected chi connectivity index (χ0v) is 10.9. The molecule has 1 aromatic rings. The maximum atomic E-state index is 9.74. The van der Waals surface area contributed by atoms with Gasteiger partial charge in [-0.1, -0.05) is 51.6 Å². The lowest BCUT2D eigenvalue weighted by Gasteiger charge is -2.19. The normalized spacial score (nSPS) is 13.5. The Morgan fingerprint density at radius 1 is 1.24 bits per heavy atom. The van der Waals surface area contributed by atoms with Crippen LogP contribution in [0, 0.1) is 0 Å². The summed E-state index contributed by atoms with van der Waals surface area (Å²) in [6, 6.07) is 8.22. The molecule has 2 heteroatoms. The van der Waals surface area contributed by atoms with Crippen molar-refractivity contribution in [1.82, 2.24) is 0 Å². The first-order valence-corrected chi connectivity index (χ1v) is 5.90. The number of hydrogen-bond donors (Lipinski definition) is 2. The van der Waals surface area contributed by atoms with Crippen molar-refractivity contribution in [2.45, 2.75) is 38.7 Å². The van der Waals surface area contributed by atoms with Gasteiger partial charge in [0.25, 0.3) is 0 Å². The van der Waals surface area contributed by atoms with E-state index in [0.717, 1.165) is 5.56 Å². The summed E-state index contributed by atoms with van der Waals surface area (Å²) in [4.78, 5) is 0. The lowest BCUT2D eigenvalue weighted by atomic mass is 9.86. The molecular weight excluding hydrogens is 212 g/mol. The maximum absolute atomic E-state index is 9.74. The van der Waals surface area contributed by atoms with Crippen LogP contribution in [0.4, 0.5) is 0 Å². The van der Waals surface area contributed by atoms with Crippen molar-refractivity contribution in [3.05, 3.63) is 47.5 Å². The van der Waals surface area contributed by atoms with Crippen LogP contribution in [0.2, 0.25) is 0 Å². The molecule has 0 amide bonds. The molecule has 0 aliphatic rings. The van der Waals surface area contributed by atoms with E-state index in [1.165, 1.54) is 5.56 Å². The van der Waals surface area contributed by atoms with Crippen molar-refractivity contribution < 1.29 is 10.2 Å². The van der Waals surface area contributed by atoms with E-state index >= 15 is 0 Å². The Balaban J connectivity index is 2.72. The minimum atomic E-state index is -0.666. The molecule has 1 rings (SSSR count). The van der Waals surface area contributed by atoms with Crippen molar-refractivity contribution in [3.63, 3.8) is 0 Å². The highest BCUT2D eigenvalue weighted by Crippen LogP contribution is 2.22. The first-order valence-electron chi connectivity index (χ1n) is 5.90. The zero-order chi connectivity index (χ0) is 13.1. The molecule has 1 atom stereocenters. The van der Waals surface area contributed by atoms with Crippen molar-refractivity contribution in [2.24, 2.45) is 0 Å². The van der Waals surface area contributed by atoms with Gasteiger partial charge in [0, 0.05) is 6.42 Å². The number of aliphatic hydroxyl groups excluding tert-OH is 2. The lowest BCUT2D eigenvalue weighted by molar-refractivity contribution is 0.188. The Morgan fingerprint density at radius 3 is 2.18 bits per heavy atom. The Labute approximate surface area is 104 Å². The first kappa shape index (κ1) is 13.9. The third-order valence-corrected chi connectivity index (χ3v) is 2.92. The summed E-state index contributed by atoms with van der Waals surface area (Å²) in [7, 11) is 0. The molecule has 0 heterocycles. The molecule has 0 bridgehead atoms. The zero-order valence-electron chi connectivity index (χ0n) is 10.9. The molecule has 0 unspecified atom stereocenters. The van der Waals surface area contributed by atoms with Gasteiger partial charge < -0.3 is 10.2 Å². The van der Waals surface area contributed by atoms with Crippen LogP contribution < -0.4 is 0 Å². The van der Waals surface area contributed by atoms with Crippen molar-refractivity contribution >= 4 is 0 Å². The predicted molar refractivity (Wildman–Crippen MR) is 71.1 cm³/mol. The van der Waals surface area contributed by atoms with E-state index in [-0.39, 0.29) is 12.0 Å². The van der Waals surface area contributed by atoms with E-state index < -0.39 is 6.10 Å². The van der Waals surface area contributed by atoms with Crippen molar-refractivity contribution in [2.75, 3.05) is 6.61 Å². The van der Waals surface area contributed by atoms with Gasteiger partial charge in [0.15, 0.2) is 0 Å². The molecule has 1 aromatic carbocycles. The summed E-state index contributed by atoms with van der Waals surface area (Å²) < 4.78 is 0. The summed E-state index contributed by atoms with van der Waals surface area (Å²) >= 11 is 0. The van der Waals surface area contributed by atoms with Crippen LogP contribution in [-0.2, 0) is 11.8 Å². The molecule has 0 fully saturated rings. The van der Waals surface area contributed by atoms with E-state index in [0.29, 0.717) is 12.0 Å². The largest absolute Gasteiger partial charge is 0.392 e. The molecule has 0 spiro atoms. The highest BCUT2D eigenvalue weighted by atomic mass is 16.3. The summed E-state index contributed by atoms with van der Waals surface area (Å²) in [5, 5.41) is 18.6. The summed E-state index contributed by atoms with van der Waals surface area (Å²) in [6.07, 6.45) is -0.162. The molecule has 94 valence electrons. The third kappa shape index (κ3) is 3.99. The molecule has 2 nitrogen and oxygen atoms in total. The van der Waals surface area contributed by atoms with E-state index in [9.17, 15) is 5.11 Å². The Morgan fingerprint density at radius 2 is 1.76 bits per heavy atom. The van der Waals surface area contributed by atoms with Gasteiger partial charge in [-0.2, -0.15) is 0 Å². The summed E-state index contributed by atoms with van der Waals surface area (Å²) in [6.45, 7) is 9.97. The second kappa shape index (κ2) is 5.48. The van der Waals surface area contributed by atoms with Crippen LogP contribution in [0.25, 0.3) is 0 Å². The topological polar surface area (TPSA) is 40.5 Å². The molecule has 0 saturated heterocycles. The fourth-order valence-corrected chi connectivity index (χ4v) is 1.61. The van der Waals surface area contributed by atoms with E-state index in [2.05, 4.69) is 39.5 Å². The summed E-state index contributed by atoms with van der Waals surface area (Å²) in [5.41, 5.74) is 2.94. The number of aliphatic hydroxyl groups is 2. The van der Waals surface area contributed by atoms with Gasteiger partial charge in [-0.25, -0.2) is 0 Å². The van der Waals surface area contributed by atoms with Crippen LogP contribution in [0.15, 0.2) is 36.4 Å². The smallest absolute Gasteiger partial charge is 0.0809 e. The molecule has 0 aliphatic carbocycles. The van der Waals surface area contributed by atoms with E-state index in [4.69, 9.17) is 5.11 Å². The SMILES string of the molecule is C=C(CO)[C@@H](O)Cc1ccc(C(C)(C)C)cc1. The average molecular weight is 234 g/mol. The summed E-state index contributed by atoms with van der Waals surface area (Å²) in [5.74, 6) is 0. The average Bonchev–Trinajstić information content (AvgIpc) is 2.27. The minimum Gasteiger partial charge on any atom is -0.392 e. The Hall–Kier alpha value is -1.12. The quantitative estimate of drug-likeness (QED) is 0.786. The monoisotopic (exact) mass is 234 g/mol. The molecular formula is C15H22O2. The van der Waals surface area contributed by atoms with Crippen molar-refractivity contribution in [1.29, 1.82) is 0 Å². The van der Waals surface area contributed by atoms with E-state index in [1.54, 1.807) is 0 Å². The van der Waals surface area contributed by atoms with Gasteiger partial charge in [0.2, 0.25) is 0 Å². The second-order valence-corrected chi connectivity index (χ2v) is 5.48. The van der Waals surface area contributed by atoms with Crippen LogP contribution in [0.1, 0.15) is 31.9 Å². The standard InChI is InChI=1S/C15H22O2/c1-11(10-16)14(17)9-12-5-7-13(8-6-12)15(2,3)4/h5-8,14,16-17H,1,9-10H2,2-4H3/t14-/m0/s1. The fraction of sp³-hybridized carbons (Fsp3) is 0.467. The Kier molecular flexibility index (Phi) is 4.49. The lowest BCUT2D eigenvalue weighted by Crippen LogP contribution is -2.16. The van der Waals surface area contributed by atoms with Gasteiger partial charge >= 0.3 is 0 Å². The van der Waals surface area contributed by atoms with Crippen LogP contribution in [0.5, 0.6) is 0 Å².